The largest absolute Gasteiger partial charge is 0.392 e. The smallest absolute Gasteiger partial charge is 0.0608 e. The van der Waals surface area contributed by atoms with E-state index < -0.39 is 0 Å². The van der Waals surface area contributed by atoms with Gasteiger partial charge in [-0.3, -0.25) is 0 Å². The highest BCUT2D eigenvalue weighted by atomic mass is 32.1. The highest BCUT2D eigenvalue weighted by molar-refractivity contribution is 7.19. The molecule has 2 heterocycles. The zero-order valence-corrected chi connectivity index (χ0v) is 19.9. The van der Waals surface area contributed by atoms with E-state index in [1.165, 1.54) is 53.6 Å². The van der Waals surface area contributed by atoms with Crippen LogP contribution in [0.25, 0.3) is 33.4 Å². The SMILES string of the molecule is C/C=c1/sc(C)c(C2=C(c3c(C)sc4ccccc34)CCC2)/c1=C/C1C(C)CC1O. The highest BCUT2D eigenvalue weighted by Gasteiger charge is 2.35. The van der Waals surface area contributed by atoms with Gasteiger partial charge in [0.15, 0.2) is 0 Å². The molecule has 1 fully saturated rings. The van der Waals surface area contributed by atoms with Crippen molar-refractivity contribution in [2.45, 2.75) is 59.5 Å². The van der Waals surface area contributed by atoms with Crippen LogP contribution in [0.1, 0.15) is 60.4 Å². The third kappa shape index (κ3) is 3.14. The van der Waals surface area contributed by atoms with Gasteiger partial charge in [0.05, 0.1) is 6.10 Å². The molecule has 2 aliphatic carbocycles. The Morgan fingerprint density at radius 3 is 2.40 bits per heavy atom. The summed E-state index contributed by atoms with van der Waals surface area (Å²) in [6.45, 7) is 8.98. The summed E-state index contributed by atoms with van der Waals surface area (Å²) >= 11 is 3.84. The predicted octanol–water partition coefficient (Wildman–Crippen LogP) is 6.27. The quantitative estimate of drug-likeness (QED) is 0.515. The Labute approximate surface area is 187 Å². The van der Waals surface area contributed by atoms with Gasteiger partial charge in [-0.25, -0.2) is 0 Å². The maximum Gasteiger partial charge on any atom is 0.0608 e. The first kappa shape index (κ1) is 20.2. The van der Waals surface area contributed by atoms with Gasteiger partial charge in [-0.15, -0.1) is 22.7 Å². The summed E-state index contributed by atoms with van der Waals surface area (Å²) in [7, 11) is 0. The molecular weight excluding hydrogens is 404 g/mol. The van der Waals surface area contributed by atoms with Crippen molar-refractivity contribution in [3.05, 3.63) is 54.9 Å². The standard InChI is InChI=1S/C27H30OS2/c1-5-24-22(14-21-15(2)13-23(21)28)27(17(4)29-24)19-11-8-10-18(19)26-16(3)30-25-12-7-6-9-20(25)26/h5-7,9,12,14-15,21,23,28H,8,10-11,13H2,1-4H3/b22-14+,24-5+. The lowest BCUT2D eigenvalue weighted by atomic mass is 9.71. The normalized spacial score (nSPS) is 25.6. The molecular formula is C27H30OS2. The van der Waals surface area contributed by atoms with Gasteiger partial charge < -0.3 is 5.11 Å². The number of fused-ring (bicyclic) bond motifs is 1. The van der Waals surface area contributed by atoms with E-state index in [1.54, 1.807) is 11.1 Å². The van der Waals surface area contributed by atoms with E-state index in [-0.39, 0.29) is 12.0 Å². The van der Waals surface area contributed by atoms with E-state index in [9.17, 15) is 5.11 Å². The van der Waals surface area contributed by atoms with Gasteiger partial charge >= 0.3 is 0 Å². The predicted molar refractivity (Wildman–Crippen MR) is 133 cm³/mol. The molecule has 2 aliphatic rings. The summed E-state index contributed by atoms with van der Waals surface area (Å²) in [5.41, 5.74) is 6.06. The Morgan fingerprint density at radius 2 is 1.70 bits per heavy atom. The minimum Gasteiger partial charge on any atom is -0.392 e. The third-order valence-electron chi connectivity index (χ3n) is 7.08. The number of aryl methyl sites for hydroxylation is 2. The summed E-state index contributed by atoms with van der Waals surface area (Å²) in [5.74, 6) is 0.850. The van der Waals surface area contributed by atoms with E-state index in [2.05, 4.69) is 64.1 Å². The van der Waals surface area contributed by atoms with Crippen molar-refractivity contribution in [2.75, 3.05) is 0 Å². The molecule has 3 unspecified atom stereocenters. The molecule has 3 aromatic rings. The van der Waals surface area contributed by atoms with E-state index in [4.69, 9.17) is 0 Å². The molecule has 0 radical (unpaired) electrons. The Balaban J connectivity index is 1.77. The molecule has 0 spiro atoms. The van der Waals surface area contributed by atoms with Crippen molar-refractivity contribution >= 4 is 56.1 Å². The van der Waals surface area contributed by atoms with E-state index in [1.807, 2.05) is 22.7 Å². The zero-order chi connectivity index (χ0) is 21.0. The molecule has 3 atom stereocenters. The second-order valence-corrected chi connectivity index (χ2v) is 11.5. The number of benzene rings is 1. The van der Waals surface area contributed by atoms with Gasteiger partial charge in [0.1, 0.15) is 0 Å². The van der Waals surface area contributed by atoms with Gasteiger partial charge in [-0.05, 0) is 85.9 Å². The summed E-state index contributed by atoms with van der Waals surface area (Å²) < 4.78 is 2.76. The molecule has 1 N–H and O–H groups in total. The van der Waals surface area contributed by atoms with Crippen LogP contribution in [0.15, 0.2) is 24.3 Å². The van der Waals surface area contributed by atoms with Crippen LogP contribution in [0.4, 0.5) is 0 Å². The highest BCUT2D eigenvalue weighted by Crippen LogP contribution is 2.46. The molecule has 0 bridgehead atoms. The van der Waals surface area contributed by atoms with Crippen molar-refractivity contribution < 1.29 is 5.11 Å². The maximum absolute atomic E-state index is 10.4. The molecule has 3 heteroatoms. The second kappa shape index (κ2) is 7.78. The molecule has 1 aromatic carbocycles. The van der Waals surface area contributed by atoms with Gasteiger partial charge in [-0.1, -0.05) is 37.3 Å². The average molecular weight is 435 g/mol. The van der Waals surface area contributed by atoms with Gasteiger partial charge in [0.25, 0.3) is 0 Å². The molecule has 0 amide bonds. The number of aliphatic hydroxyl groups excluding tert-OH is 1. The van der Waals surface area contributed by atoms with Crippen molar-refractivity contribution in [3.63, 3.8) is 0 Å². The van der Waals surface area contributed by atoms with Crippen molar-refractivity contribution in [1.82, 2.24) is 0 Å². The molecule has 30 heavy (non-hydrogen) atoms. The van der Waals surface area contributed by atoms with Crippen molar-refractivity contribution in [2.24, 2.45) is 11.8 Å². The van der Waals surface area contributed by atoms with Crippen LogP contribution in [0.2, 0.25) is 0 Å². The van der Waals surface area contributed by atoms with Gasteiger partial charge in [0, 0.05) is 30.3 Å². The first-order chi connectivity index (χ1) is 14.5. The lowest BCUT2D eigenvalue weighted by Crippen LogP contribution is -2.40. The minimum absolute atomic E-state index is 0.183. The van der Waals surface area contributed by atoms with E-state index >= 15 is 0 Å². The first-order valence-electron chi connectivity index (χ1n) is 11.2. The molecule has 0 aliphatic heterocycles. The van der Waals surface area contributed by atoms with Crippen LogP contribution in [0.3, 0.4) is 0 Å². The summed E-state index contributed by atoms with van der Waals surface area (Å²) in [4.78, 5) is 2.86. The van der Waals surface area contributed by atoms with Crippen LogP contribution in [0.5, 0.6) is 0 Å². The fourth-order valence-corrected chi connectivity index (χ4v) is 7.68. The van der Waals surface area contributed by atoms with Gasteiger partial charge in [0.2, 0.25) is 0 Å². The topological polar surface area (TPSA) is 20.2 Å². The lowest BCUT2D eigenvalue weighted by Gasteiger charge is -2.37. The fraction of sp³-hybridized carbons (Fsp3) is 0.407. The van der Waals surface area contributed by atoms with Crippen LogP contribution < -0.4 is 9.75 Å². The first-order valence-corrected chi connectivity index (χ1v) is 12.8. The Kier molecular flexibility index (Phi) is 5.25. The lowest BCUT2D eigenvalue weighted by molar-refractivity contribution is 0.0103. The average Bonchev–Trinajstić information content (AvgIpc) is 3.40. The summed E-state index contributed by atoms with van der Waals surface area (Å²) in [5, 5.41) is 13.2. The molecule has 1 nitrogen and oxygen atoms in total. The third-order valence-corrected chi connectivity index (χ3v) is 9.35. The van der Waals surface area contributed by atoms with E-state index in [0.717, 1.165) is 12.8 Å². The molecule has 0 saturated heterocycles. The number of aliphatic hydroxyl groups is 1. The summed E-state index contributed by atoms with van der Waals surface area (Å²) in [6.07, 6.45) is 8.95. The Bertz CT molecular complexity index is 1260. The Hall–Kier alpha value is -1.68. The van der Waals surface area contributed by atoms with Crippen LogP contribution in [-0.2, 0) is 0 Å². The van der Waals surface area contributed by atoms with Crippen molar-refractivity contribution in [3.8, 4) is 0 Å². The molecule has 5 rings (SSSR count). The number of allylic oxidation sites excluding steroid dienone is 2. The minimum atomic E-state index is -0.183. The zero-order valence-electron chi connectivity index (χ0n) is 18.3. The second-order valence-electron chi connectivity index (χ2n) is 8.96. The molecule has 2 aromatic heterocycles. The van der Waals surface area contributed by atoms with Crippen molar-refractivity contribution in [1.29, 1.82) is 0 Å². The number of hydrogen-bond donors (Lipinski definition) is 1. The number of rotatable bonds is 3. The van der Waals surface area contributed by atoms with Gasteiger partial charge in [-0.2, -0.15) is 0 Å². The number of hydrogen-bond acceptors (Lipinski definition) is 3. The van der Waals surface area contributed by atoms with Crippen LogP contribution in [0, 0.1) is 25.7 Å². The fourth-order valence-electron chi connectivity index (χ4n) is 5.52. The maximum atomic E-state index is 10.4. The monoisotopic (exact) mass is 434 g/mol. The summed E-state index contributed by atoms with van der Waals surface area (Å²) in [6, 6.07) is 8.87. The van der Waals surface area contributed by atoms with Crippen LogP contribution >= 0.6 is 22.7 Å². The van der Waals surface area contributed by atoms with Crippen LogP contribution in [-0.4, -0.2) is 11.2 Å². The number of thiophene rings is 2. The Morgan fingerprint density at radius 1 is 1.00 bits per heavy atom. The molecule has 156 valence electrons. The molecule has 1 saturated carbocycles. The van der Waals surface area contributed by atoms with E-state index in [0.29, 0.717) is 5.92 Å².